The maximum atomic E-state index is 13.5. The van der Waals surface area contributed by atoms with E-state index < -0.39 is 0 Å². The van der Waals surface area contributed by atoms with E-state index in [-0.39, 0.29) is 11.9 Å². The lowest BCUT2D eigenvalue weighted by atomic mass is 9.95. The summed E-state index contributed by atoms with van der Waals surface area (Å²) >= 11 is 0. The average Bonchev–Trinajstić information content (AvgIpc) is 3.48. The Morgan fingerprint density at radius 3 is 2.65 bits per heavy atom. The number of aryl methyl sites for hydroxylation is 1. The molecular formula is C24H23N5O2. The van der Waals surface area contributed by atoms with Crippen LogP contribution in [0.4, 0.5) is 0 Å². The predicted molar refractivity (Wildman–Crippen MR) is 117 cm³/mol. The molecule has 1 atom stereocenters. The van der Waals surface area contributed by atoms with Gasteiger partial charge in [0.25, 0.3) is 5.91 Å². The minimum absolute atomic E-state index is 0.0969. The Morgan fingerprint density at radius 2 is 1.90 bits per heavy atom. The van der Waals surface area contributed by atoms with E-state index in [2.05, 4.69) is 20.2 Å². The number of aromatic amines is 2. The smallest absolute Gasteiger partial charge is 0.272 e. The fourth-order valence-corrected chi connectivity index (χ4v) is 4.08. The molecule has 2 N–H and O–H groups in total. The first-order chi connectivity index (χ1) is 15.1. The second-order valence-electron chi connectivity index (χ2n) is 7.72. The number of aromatic nitrogens is 4. The van der Waals surface area contributed by atoms with Gasteiger partial charge in [0.05, 0.1) is 24.8 Å². The molecule has 156 valence electrons. The molecule has 7 heteroatoms. The Bertz CT molecular complexity index is 1210. The number of benzene rings is 2. The number of hydrogen-bond donors (Lipinski definition) is 2. The summed E-state index contributed by atoms with van der Waals surface area (Å²) in [5, 5.41) is 7.31. The van der Waals surface area contributed by atoms with Crippen molar-refractivity contribution in [2.45, 2.75) is 19.4 Å². The molecule has 0 radical (unpaired) electrons. The first kappa shape index (κ1) is 19.1. The first-order valence-corrected chi connectivity index (χ1v) is 10.2. The number of rotatable bonds is 4. The standard InChI is InChI=1S/C24H23N5O2/c1-15-3-5-16(6-4-15)20-13-21(28-27-20)24(30)29-12-11-19-22(26-14-25-19)23(29)17-7-9-18(31-2)10-8-17/h3-10,13-14,23H,11-12H2,1-2H3,(H,25,26)(H,27,28). The summed E-state index contributed by atoms with van der Waals surface area (Å²) in [4.78, 5) is 23.1. The third-order valence-corrected chi connectivity index (χ3v) is 5.77. The van der Waals surface area contributed by atoms with Gasteiger partial charge < -0.3 is 14.6 Å². The fourth-order valence-electron chi connectivity index (χ4n) is 4.08. The number of methoxy groups -OCH3 is 1. The Labute approximate surface area is 180 Å². The van der Waals surface area contributed by atoms with Crippen LogP contribution in [0.5, 0.6) is 5.75 Å². The molecule has 2 aromatic heterocycles. The van der Waals surface area contributed by atoms with Crippen LogP contribution in [0.1, 0.15) is 39.0 Å². The predicted octanol–water partition coefficient (Wildman–Crippen LogP) is 3.90. The summed E-state index contributed by atoms with van der Waals surface area (Å²) in [5.74, 6) is 0.677. The van der Waals surface area contributed by atoms with E-state index in [1.54, 1.807) is 13.4 Å². The van der Waals surface area contributed by atoms with Crippen LogP contribution < -0.4 is 4.74 Å². The van der Waals surface area contributed by atoms with Crippen LogP contribution in [0.25, 0.3) is 11.3 Å². The summed E-state index contributed by atoms with van der Waals surface area (Å²) in [5.41, 5.74) is 6.30. The number of carbonyl (C=O) groups is 1. The summed E-state index contributed by atoms with van der Waals surface area (Å²) in [7, 11) is 1.64. The molecule has 2 aromatic carbocycles. The van der Waals surface area contributed by atoms with Crippen LogP contribution in [0.3, 0.4) is 0 Å². The van der Waals surface area contributed by atoms with E-state index in [4.69, 9.17) is 4.74 Å². The Kier molecular flexibility index (Phi) is 4.78. The minimum atomic E-state index is -0.278. The molecule has 1 unspecified atom stereocenters. The van der Waals surface area contributed by atoms with Crippen molar-refractivity contribution in [1.29, 1.82) is 0 Å². The highest BCUT2D eigenvalue weighted by molar-refractivity contribution is 5.94. The van der Waals surface area contributed by atoms with Gasteiger partial charge in [-0.25, -0.2) is 4.98 Å². The van der Waals surface area contributed by atoms with Gasteiger partial charge in [0.1, 0.15) is 17.5 Å². The van der Waals surface area contributed by atoms with Gasteiger partial charge in [-0.05, 0) is 30.7 Å². The van der Waals surface area contributed by atoms with Crippen molar-refractivity contribution < 1.29 is 9.53 Å². The number of carbonyl (C=O) groups excluding carboxylic acids is 1. The van der Waals surface area contributed by atoms with Gasteiger partial charge in [-0.2, -0.15) is 5.10 Å². The highest BCUT2D eigenvalue weighted by atomic mass is 16.5. The van der Waals surface area contributed by atoms with Gasteiger partial charge in [0.15, 0.2) is 0 Å². The van der Waals surface area contributed by atoms with Crippen molar-refractivity contribution >= 4 is 5.91 Å². The summed E-state index contributed by atoms with van der Waals surface area (Å²) in [6.45, 7) is 2.63. The summed E-state index contributed by atoms with van der Waals surface area (Å²) in [6, 6.07) is 17.4. The van der Waals surface area contributed by atoms with Crippen molar-refractivity contribution in [3.8, 4) is 17.0 Å². The Morgan fingerprint density at radius 1 is 1.13 bits per heavy atom. The number of amides is 1. The molecule has 0 aliphatic carbocycles. The van der Waals surface area contributed by atoms with Crippen LogP contribution in [0, 0.1) is 6.92 Å². The largest absolute Gasteiger partial charge is 0.497 e. The lowest BCUT2D eigenvalue weighted by Gasteiger charge is -2.35. The van der Waals surface area contributed by atoms with Gasteiger partial charge in [-0.15, -0.1) is 0 Å². The van der Waals surface area contributed by atoms with E-state index >= 15 is 0 Å². The summed E-state index contributed by atoms with van der Waals surface area (Å²) < 4.78 is 5.29. The van der Waals surface area contributed by atoms with Gasteiger partial charge in [0.2, 0.25) is 0 Å². The third kappa shape index (κ3) is 3.48. The normalized spacial score (nSPS) is 15.5. The number of fused-ring (bicyclic) bond motifs is 1. The average molecular weight is 413 g/mol. The molecule has 0 spiro atoms. The zero-order chi connectivity index (χ0) is 21.4. The van der Waals surface area contributed by atoms with Crippen LogP contribution in [-0.4, -0.2) is 44.6 Å². The Hall–Kier alpha value is -3.87. The molecule has 4 aromatic rings. The third-order valence-electron chi connectivity index (χ3n) is 5.77. The second kappa shape index (κ2) is 7.75. The van der Waals surface area contributed by atoms with Crippen LogP contribution in [-0.2, 0) is 6.42 Å². The van der Waals surface area contributed by atoms with Crippen molar-refractivity contribution in [3.05, 3.63) is 89.1 Å². The zero-order valence-electron chi connectivity index (χ0n) is 17.4. The van der Waals surface area contributed by atoms with Crippen LogP contribution in [0.2, 0.25) is 0 Å². The molecule has 0 fully saturated rings. The maximum Gasteiger partial charge on any atom is 0.272 e. The molecule has 7 nitrogen and oxygen atoms in total. The lowest BCUT2D eigenvalue weighted by molar-refractivity contribution is 0.0684. The van der Waals surface area contributed by atoms with Crippen LogP contribution >= 0.6 is 0 Å². The monoisotopic (exact) mass is 413 g/mol. The first-order valence-electron chi connectivity index (χ1n) is 10.2. The SMILES string of the molecule is COc1ccc(C2c3nc[nH]c3CCN2C(=O)c2cc(-c3ccc(C)cc3)n[nH]2)cc1. The number of nitrogens with zero attached hydrogens (tertiary/aromatic N) is 3. The van der Waals surface area contributed by atoms with Crippen molar-refractivity contribution in [2.75, 3.05) is 13.7 Å². The molecule has 0 saturated heterocycles. The van der Waals surface area contributed by atoms with Crippen molar-refractivity contribution in [1.82, 2.24) is 25.1 Å². The molecule has 1 amide bonds. The van der Waals surface area contributed by atoms with E-state index in [9.17, 15) is 4.79 Å². The number of hydrogen-bond acceptors (Lipinski definition) is 4. The summed E-state index contributed by atoms with van der Waals surface area (Å²) in [6.07, 6.45) is 2.42. The van der Waals surface area contributed by atoms with Gasteiger partial charge in [-0.1, -0.05) is 42.0 Å². The number of ether oxygens (including phenoxy) is 1. The lowest BCUT2D eigenvalue weighted by Crippen LogP contribution is -2.41. The fraction of sp³-hybridized carbons (Fsp3) is 0.208. The zero-order valence-corrected chi connectivity index (χ0v) is 17.4. The topological polar surface area (TPSA) is 86.9 Å². The van der Waals surface area contributed by atoms with Gasteiger partial charge in [0, 0.05) is 24.2 Å². The van der Waals surface area contributed by atoms with Gasteiger partial charge >= 0.3 is 0 Å². The Balaban J connectivity index is 1.49. The molecule has 5 rings (SSSR count). The number of imidazole rings is 1. The second-order valence-corrected chi connectivity index (χ2v) is 7.72. The van der Waals surface area contributed by atoms with E-state index in [1.807, 2.05) is 66.4 Å². The highest BCUT2D eigenvalue weighted by Crippen LogP contribution is 2.35. The molecule has 0 saturated carbocycles. The van der Waals surface area contributed by atoms with E-state index in [0.29, 0.717) is 12.2 Å². The molecule has 0 bridgehead atoms. The number of nitrogens with one attached hydrogen (secondary N) is 2. The molecule has 31 heavy (non-hydrogen) atoms. The van der Waals surface area contributed by atoms with E-state index in [1.165, 1.54) is 5.56 Å². The highest BCUT2D eigenvalue weighted by Gasteiger charge is 2.35. The molecule has 1 aliphatic rings. The molecule has 1 aliphatic heterocycles. The molecule has 3 heterocycles. The van der Waals surface area contributed by atoms with Gasteiger partial charge in [-0.3, -0.25) is 9.89 Å². The quantitative estimate of drug-likeness (QED) is 0.531. The van der Waals surface area contributed by atoms with Crippen molar-refractivity contribution in [2.24, 2.45) is 0 Å². The van der Waals surface area contributed by atoms with Crippen molar-refractivity contribution in [3.63, 3.8) is 0 Å². The molecular weight excluding hydrogens is 390 g/mol. The van der Waals surface area contributed by atoms with E-state index in [0.717, 1.165) is 40.4 Å². The van der Waals surface area contributed by atoms with Crippen LogP contribution in [0.15, 0.2) is 60.9 Å². The number of H-pyrrole nitrogens is 2. The maximum absolute atomic E-state index is 13.5. The minimum Gasteiger partial charge on any atom is -0.497 e.